The normalized spacial score (nSPS) is 10.6. The second-order valence-corrected chi connectivity index (χ2v) is 5.58. The van der Waals surface area contributed by atoms with Crippen LogP contribution in [0, 0.1) is 12.8 Å². The van der Waals surface area contributed by atoms with Crippen LogP contribution in [0.2, 0.25) is 0 Å². The number of rotatable bonds is 8. The predicted molar refractivity (Wildman–Crippen MR) is 87.3 cm³/mol. The summed E-state index contributed by atoms with van der Waals surface area (Å²) in [5.74, 6) is -0.149. The van der Waals surface area contributed by atoms with Crippen LogP contribution in [0.5, 0.6) is 0 Å². The molecule has 1 aromatic carbocycles. The van der Waals surface area contributed by atoms with E-state index in [1.807, 2.05) is 45.0 Å². The Hall–Kier alpha value is -1.84. The van der Waals surface area contributed by atoms with Crippen LogP contribution in [0.1, 0.15) is 44.2 Å². The smallest absolute Gasteiger partial charge is 0.307 e. The van der Waals surface area contributed by atoms with Gasteiger partial charge in [-0.1, -0.05) is 43.7 Å². The largest absolute Gasteiger partial charge is 0.469 e. The molecular formula is C18H27NO3. The molecule has 0 aliphatic rings. The number of hydrogen-bond donors (Lipinski definition) is 0. The fraction of sp³-hybridized carbons (Fsp3) is 0.556. The van der Waals surface area contributed by atoms with Gasteiger partial charge >= 0.3 is 5.97 Å². The SMILES string of the molecule is CCC(CC)C(=O)N(CCC(=O)OC)Cc1ccc(C)cc1. The van der Waals surface area contributed by atoms with Crippen molar-refractivity contribution in [3.05, 3.63) is 35.4 Å². The van der Waals surface area contributed by atoms with Gasteiger partial charge in [-0.3, -0.25) is 9.59 Å². The lowest BCUT2D eigenvalue weighted by Crippen LogP contribution is -2.37. The fourth-order valence-corrected chi connectivity index (χ4v) is 2.41. The van der Waals surface area contributed by atoms with Gasteiger partial charge in [0.15, 0.2) is 0 Å². The molecule has 4 heteroatoms. The van der Waals surface area contributed by atoms with Crippen molar-refractivity contribution in [3.8, 4) is 0 Å². The topological polar surface area (TPSA) is 46.6 Å². The Morgan fingerprint density at radius 1 is 1.14 bits per heavy atom. The van der Waals surface area contributed by atoms with Crippen LogP contribution in [0.3, 0.4) is 0 Å². The molecule has 0 bridgehead atoms. The van der Waals surface area contributed by atoms with Crippen molar-refractivity contribution in [3.63, 3.8) is 0 Å². The van der Waals surface area contributed by atoms with E-state index < -0.39 is 0 Å². The summed E-state index contributed by atoms with van der Waals surface area (Å²) in [5, 5.41) is 0. The zero-order valence-corrected chi connectivity index (χ0v) is 14.1. The van der Waals surface area contributed by atoms with Crippen molar-refractivity contribution in [2.45, 2.75) is 46.6 Å². The van der Waals surface area contributed by atoms with Gasteiger partial charge in [0.05, 0.1) is 13.5 Å². The molecule has 0 saturated heterocycles. The van der Waals surface area contributed by atoms with E-state index in [1.165, 1.54) is 12.7 Å². The van der Waals surface area contributed by atoms with Gasteiger partial charge in [-0.25, -0.2) is 0 Å². The molecule has 0 heterocycles. The molecule has 1 rings (SSSR count). The third-order valence-corrected chi connectivity index (χ3v) is 3.95. The number of benzene rings is 1. The summed E-state index contributed by atoms with van der Waals surface area (Å²) in [7, 11) is 1.37. The Balaban J connectivity index is 2.82. The molecular weight excluding hydrogens is 278 g/mol. The summed E-state index contributed by atoms with van der Waals surface area (Å²) in [5.41, 5.74) is 2.27. The van der Waals surface area contributed by atoms with Gasteiger partial charge in [0, 0.05) is 19.0 Å². The number of methoxy groups -OCH3 is 1. The lowest BCUT2D eigenvalue weighted by Gasteiger charge is -2.26. The third kappa shape index (κ3) is 5.51. The highest BCUT2D eigenvalue weighted by atomic mass is 16.5. The maximum Gasteiger partial charge on any atom is 0.307 e. The van der Waals surface area contributed by atoms with Crippen LogP contribution in [-0.2, 0) is 20.9 Å². The second kappa shape index (κ2) is 9.23. The Labute approximate surface area is 133 Å². The van der Waals surface area contributed by atoms with Crippen molar-refractivity contribution in [2.24, 2.45) is 5.92 Å². The monoisotopic (exact) mass is 305 g/mol. The van der Waals surface area contributed by atoms with Crippen molar-refractivity contribution in [1.29, 1.82) is 0 Å². The number of nitrogens with zero attached hydrogens (tertiary/aromatic N) is 1. The molecule has 0 unspecified atom stereocenters. The molecule has 0 aromatic heterocycles. The Morgan fingerprint density at radius 3 is 2.23 bits per heavy atom. The molecule has 1 amide bonds. The first-order valence-electron chi connectivity index (χ1n) is 7.92. The number of carbonyl (C=O) groups excluding carboxylic acids is 2. The molecule has 0 N–H and O–H groups in total. The summed E-state index contributed by atoms with van der Waals surface area (Å²) in [6.07, 6.45) is 1.87. The van der Waals surface area contributed by atoms with Crippen LogP contribution in [0.4, 0.5) is 0 Å². The van der Waals surface area contributed by atoms with Gasteiger partial charge in [0.2, 0.25) is 5.91 Å². The van der Waals surface area contributed by atoms with Gasteiger partial charge in [-0.15, -0.1) is 0 Å². The standard InChI is InChI=1S/C18H27NO3/c1-5-16(6-2)18(21)19(12-11-17(20)22-4)13-15-9-7-14(3)8-10-15/h7-10,16H,5-6,11-13H2,1-4H3. The predicted octanol–water partition coefficient (Wildman–Crippen LogP) is 3.32. The van der Waals surface area contributed by atoms with Gasteiger partial charge in [0.1, 0.15) is 0 Å². The third-order valence-electron chi connectivity index (χ3n) is 3.95. The summed E-state index contributed by atoms with van der Waals surface area (Å²) in [6, 6.07) is 8.13. The molecule has 0 saturated carbocycles. The lowest BCUT2D eigenvalue weighted by atomic mass is 10.0. The van der Waals surface area contributed by atoms with E-state index in [9.17, 15) is 9.59 Å². The van der Waals surface area contributed by atoms with E-state index in [1.54, 1.807) is 4.90 Å². The van der Waals surface area contributed by atoms with E-state index in [0.29, 0.717) is 13.1 Å². The minimum atomic E-state index is -0.286. The highest BCUT2D eigenvalue weighted by Crippen LogP contribution is 2.16. The first-order valence-corrected chi connectivity index (χ1v) is 7.92. The quantitative estimate of drug-likeness (QED) is 0.692. The zero-order valence-electron chi connectivity index (χ0n) is 14.1. The van der Waals surface area contributed by atoms with E-state index >= 15 is 0 Å². The van der Waals surface area contributed by atoms with Crippen LogP contribution < -0.4 is 0 Å². The molecule has 0 atom stereocenters. The number of amides is 1. The van der Waals surface area contributed by atoms with Crippen molar-refractivity contribution < 1.29 is 14.3 Å². The van der Waals surface area contributed by atoms with E-state index in [-0.39, 0.29) is 24.2 Å². The summed E-state index contributed by atoms with van der Waals surface area (Å²) < 4.78 is 4.68. The number of carbonyl (C=O) groups is 2. The number of aryl methyl sites for hydroxylation is 1. The van der Waals surface area contributed by atoms with Crippen molar-refractivity contribution in [2.75, 3.05) is 13.7 Å². The number of hydrogen-bond acceptors (Lipinski definition) is 3. The van der Waals surface area contributed by atoms with E-state index in [0.717, 1.165) is 18.4 Å². The lowest BCUT2D eigenvalue weighted by molar-refractivity contribution is -0.142. The molecule has 122 valence electrons. The molecule has 0 radical (unpaired) electrons. The van der Waals surface area contributed by atoms with Crippen molar-refractivity contribution >= 4 is 11.9 Å². The molecule has 1 aromatic rings. The average Bonchev–Trinajstić information content (AvgIpc) is 2.53. The Kier molecular flexibility index (Phi) is 7.64. The maximum atomic E-state index is 12.7. The van der Waals surface area contributed by atoms with Crippen LogP contribution >= 0.6 is 0 Å². The molecule has 0 aliphatic carbocycles. The first kappa shape index (κ1) is 18.2. The number of esters is 1. The van der Waals surface area contributed by atoms with Crippen LogP contribution in [-0.4, -0.2) is 30.4 Å². The number of ether oxygens (including phenoxy) is 1. The summed E-state index contributed by atoms with van der Waals surface area (Å²) >= 11 is 0. The Morgan fingerprint density at radius 2 is 1.73 bits per heavy atom. The molecule has 0 aliphatic heterocycles. The van der Waals surface area contributed by atoms with Crippen LogP contribution in [0.15, 0.2) is 24.3 Å². The minimum Gasteiger partial charge on any atom is -0.469 e. The van der Waals surface area contributed by atoms with Gasteiger partial charge in [0.25, 0.3) is 0 Å². The molecule has 0 spiro atoms. The Bertz CT molecular complexity index is 478. The highest BCUT2D eigenvalue weighted by molar-refractivity contribution is 5.79. The zero-order chi connectivity index (χ0) is 16.5. The maximum absolute atomic E-state index is 12.7. The highest BCUT2D eigenvalue weighted by Gasteiger charge is 2.22. The van der Waals surface area contributed by atoms with E-state index in [2.05, 4.69) is 4.74 Å². The van der Waals surface area contributed by atoms with E-state index in [4.69, 9.17) is 0 Å². The minimum absolute atomic E-state index is 0.0168. The van der Waals surface area contributed by atoms with Crippen LogP contribution in [0.25, 0.3) is 0 Å². The van der Waals surface area contributed by atoms with Gasteiger partial charge in [-0.05, 0) is 25.3 Å². The fourth-order valence-electron chi connectivity index (χ4n) is 2.41. The summed E-state index contributed by atoms with van der Waals surface area (Å²) in [6.45, 7) is 7.02. The second-order valence-electron chi connectivity index (χ2n) is 5.58. The van der Waals surface area contributed by atoms with Gasteiger partial charge in [-0.2, -0.15) is 0 Å². The molecule has 0 fully saturated rings. The summed E-state index contributed by atoms with van der Waals surface area (Å²) in [4.78, 5) is 25.8. The van der Waals surface area contributed by atoms with Crippen molar-refractivity contribution in [1.82, 2.24) is 4.90 Å². The average molecular weight is 305 g/mol. The first-order chi connectivity index (χ1) is 10.5. The van der Waals surface area contributed by atoms with Gasteiger partial charge < -0.3 is 9.64 Å². The molecule has 22 heavy (non-hydrogen) atoms. The molecule has 4 nitrogen and oxygen atoms in total.